The van der Waals surface area contributed by atoms with Crippen LogP contribution in [0.3, 0.4) is 0 Å². The minimum absolute atomic E-state index is 0.253. The quantitative estimate of drug-likeness (QED) is 0.739. The third kappa shape index (κ3) is 2.33. The van der Waals surface area contributed by atoms with Crippen LogP contribution in [0.1, 0.15) is 27.6 Å². The van der Waals surface area contributed by atoms with E-state index < -0.39 is 5.38 Å². The molecule has 0 radical (unpaired) electrons. The molecule has 0 aromatic heterocycles. The normalized spacial score (nSPS) is 14.9. The summed E-state index contributed by atoms with van der Waals surface area (Å²) in [6, 6.07) is 11.0. The summed E-state index contributed by atoms with van der Waals surface area (Å²) in [5.41, 5.74) is 3.47. The van der Waals surface area contributed by atoms with Gasteiger partial charge >= 0.3 is 0 Å². The van der Waals surface area contributed by atoms with E-state index in [1.54, 1.807) is 6.07 Å². The maximum absolute atomic E-state index is 14.0. The van der Waals surface area contributed by atoms with Crippen LogP contribution in [0.5, 0.6) is 5.75 Å². The van der Waals surface area contributed by atoms with Gasteiger partial charge in [0.05, 0.1) is 12.0 Å². The Balaban J connectivity index is 1.97. The molecule has 19 heavy (non-hydrogen) atoms. The van der Waals surface area contributed by atoms with Gasteiger partial charge in [-0.25, -0.2) is 4.39 Å². The van der Waals surface area contributed by atoms with Crippen molar-refractivity contribution in [2.75, 3.05) is 6.61 Å². The maximum atomic E-state index is 14.0. The topological polar surface area (TPSA) is 9.23 Å². The van der Waals surface area contributed by atoms with E-state index in [1.807, 2.05) is 31.2 Å². The molecule has 98 valence electrons. The van der Waals surface area contributed by atoms with Gasteiger partial charge in [0.2, 0.25) is 0 Å². The second-order valence-corrected chi connectivity index (χ2v) is 5.29. The lowest BCUT2D eigenvalue weighted by molar-refractivity contribution is 0.357. The summed E-state index contributed by atoms with van der Waals surface area (Å²) in [6.07, 6.45) is 0.892. The molecule has 1 aliphatic heterocycles. The number of alkyl halides is 1. The fourth-order valence-electron chi connectivity index (χ4n) is 2.38. The minimum Gasteiger partial charge on any atom is -0.493 e. The maximum Gasteiger partial charge on any atom is 0.128 e. The van der Waals surface area contributed by atoms with Gasteiger partial charge in [-0.15, -0.1) is 11.6 Å². The highest BCUT2D eigenvalue weighted by Crippen LogP contribution is 2.35. The smallest absolute Gasteiger partial charge is 0.128 e. The second-order valence-electron chi connectivity index (χ2n) is 4.85. The summed E-state index contributed by atoms with van der Waals surface area (Å²) in [5, 5.41) is -0.466. The first kappa shape index (κ1) is 12.5. The van der Waals surface area contributed by atoms with Gasteiger partial charge in [0, 0.05) is 12.0 Å². The van der Waals surface area contributed by atoms with E-state index >= 15 is 0 Å². The number of fused-ring (bicyclic) bond motifs is 1. The van der Waals surface area contributed by atoms with Gasteiger partial charge in [-0.2, -0.15) is 0 Å². The molecule has 1 heterocycles. The van der Waals surface area contributed by atoms with Crippen molar-refractivity contribution in [3.63, 3.8) is 0 Å². The summed E-state index contributed by atoms with van der Waals surface area (Å²) >= 11 is 6.41. The van der Waals surface area contributed by atoms with Crippen molar-refractivity contribution in [2.45, 2.75) is 18.7 Å². The Morgan fingerprint density at radius 2 is 2.05 bits per heavy atom. The van der Waals surface area contributed by atoms with E-state index in [2.05, 4.69) is 0 Å². The Morgan fingerprint density at radius 1 is 1.21 bits per heavy atom. The number of ether oxygens (including phenoxy) is 1. The molecule has 0 saturated carbocycles. The van der Waals surface area contributed by atoms with Crippen molar-refractivity contribution in [3.05, 3.63) is 64.5 Å². The Hall–Kier alpha value is -1.54. The molecule has 1 atom stereocenters. The third-order valence-electron chi connectivity index (χ3n) is 3.44. The molecule has 3 heteroatoms. The average molecular weight is 277 g/mol. The Labute approximate surface area is 117 Å². The molecule has 0 spiro atoms. The molecule has 1 nitrogen and oxygen atoms in total. The molecular weight excluding hydrogens is 263 g/mol. The van der Waals surface area contributed by atoms with Crippen molar-refractivity contribution in [1.82, 2.24) is 0 Å². The lowest BCUT2D eigenvalue weighted by Gasteiger charge is -2.13. The first-order valence-electron chi connectivity index (χ1n) is 6.31. The van der Waals surface area contributed by atoms with Gasteiger partial charge in [-0.1, -0.05) is 24.3 Å². The van der Waals surface area contributed by atoms with E-state index in [0.29, 0.717) is 12.2 Å². The monoisotopic (exact) mass is 276 g/mol. The zero-order valence-electron chi connectivity index (χ0n) is 10.6. The van der Waals surface area contributed by atoms with Crippen molar-refractivity contribution in [2.24, 2.45) is 0 Å². The summed E-state index contributed by atoms with van der Waals surface area (Å²) < 4.78 is 19.4. The van der Waals surface area contributed by atoms with Crippen LogP contribution < -0.4 is 4.74 Å². The van der Waals surface area contributed by atoms with Crippen molar-refractivity contribution >= 4 is 11.6 Å². The van der Waals surface area contributed by atoms with Gasteiger partial charge in [-0.3, -0.25) is 0 Å². The standard InChI is InChI=1S/C16H14ClFO/c1-10-2-4-13(14(18)8-10)16(17)12-3-5-15-11(9-12)6-7-19-15/h2-5,8-9,16H,6-7H2,1H3. The second kappa shape index (κ2) is 4.86. The number of benzene rings is 2. The highest BCUT2D eigenvalue weighted by atomic mass is 35.5. The molecule has 2 aromatic rings. The van der Waals surface area contributed by atoms with Crippen LogP contribution >= 0.6 is 11.6 Å². The zero-order valence-corrected chi connectivity index (χ0v) is 11.4. The molecule has 0 amide bonds. The highest BCUT2D eigenvalue weighted by Gasteiger charge is 2.19. The van der Waals surface area contributed by atoms with Gasteiger partial charge < -0.3 is 4.74 Å². The van der Waals surface area contributed by atoms with Crippen molar-refractivity contribution in [3.8, 4) is 5.75 Å². The number of aryl methyl sites for hydroxylation is 1. The summed E-state index contributed by atoms with van der Waals surface area (Å²) in [5.74, 6) is 0.661. The van der Waals surface area contributed by atoms with E-state index in [-0.39, 0.29) is 5.82 Å². The molecular formula is C16H14ClFO. The Kier molecular flexibility index (Phi) is 3.19. The molecule has 0 fully saturated rings. The first-order valence-corrected chi connectivity index (χ1v) is 6.74. The largest absolute Gasteiger partial charge is 0.493 e. The Morgan fingerprint density at radius 3 is 2.84 bits per heavy atom. The SMILES string of the molecule is Cc1ccc(C(Cl)c2ccc3c(c2)CCO3)c(F)c1. The van der Waals surface area contributed by atoms with Crippen LogP contribution in [0.25, 0.3) is 0 Å². The van der Waals surface area contributed by atoms with Gasteiger partial charge in [0.25, 0.3) is 0 Å². The summed E-state index contributed by atoms with van der Waals surface area (Å²) in [6.45, 7) is 2.58. The molecule has 2 aromatic carbocycles. The van der Waals surface area contributed by atoms with E-state index in [9.17, 15) is 4.39 Å². The van der Waals surface area contributed by atoms with Crippen molar-refractivity contribution < 1.29 is 9.13 Å². The van der Waals surface area contributed by atoms with Gasteiger partial charge in [0.1, 0.15) is 11.6 Å². The molecule has 0 bridgehead atoms. The average Bonchev–Trinajstić information content (AvgIpc) is 2.85. The van der Waals surface area contributed by atoms with Crippen LogP contribution in [-0.4, -0.2) is 6.61 Å². The van der Waals surface area contributed by atoms with Crippen LogP contribution in [0, 0.1) is 12.7 Å². The predicted molar refractivity (Wildman–Crippen MR) is 74.5 cm³/mol. The van der Waals surface area contributed by atoms with Crippen molar-refractivity contribution in [1.29, 1.82) is 0 Å². The molecule has 1 unspecified atom stereocenters. The molecule has 0 N–H and O–H groups in total. The number of halogens is 2. The fourth-order valence-corrected chi connectivity index (χ4v) is 2.69. The fraction of sp³-hybridized carbons (Fsp3) is 0.250. The number of rotatable bonds is 2. The predicted octanol–water partition coefficient (Wildman–Crippen LogP) is 4.40. The van der Waals surface area contributed by atoms with Crippen LogP contribution in [0.2, 0.25) is 0 Å². The van der Waals surface area contributed by atoms with Gasteiger partial charge in [-0.05, 0) is 35.7 Å². The first-order chi connectivity index (χ1) is 9.15. The lowest BCUT2D eigenvalue weighted by Crippen LogP contribution is -1.98. The third-order valence-corrected chi connectivity index (χ3v) is 3.92. The molecule has 0 saturated heterocycles. The lowest BCUT2D eigenvalue weighted by atomic mass is 10.00. The van der Waals surface area contributed by atoms with E-state index in [1.165, 1.54) is 6.07 Å². The van der Waals surface area contributed by atoms with E-state index in [4.69, 9.17) is 16.3 Å². The highest BCUT2D eigenvalue weighted by molar-refractivity contribution is 6.22. The summed E-state index contributed by atoms with van der Waals surface area (Å²) in [7, 11) is 0. The Bertz CT molecular complexity index is 624. The van der Waals surface area contributed by atoms with Crippen LogP contribution in [-0.2, 0) is 6.42 Å². The van der Waals surface area contributed by atoms with E-state index in [0.717, 1.165) is 28.9 Å². The van der Waals surface area contributed by atoms with Crippen LogP contribution in [0.15, 0.2) is 36.4 Å². The van der Waals surface area contributed by atoms with Crippen LogP contribution in [0.4, 0.5) is 4.39 Å². The number of hydrogen-bond donors (Lipinski definition) is 0. The molecule has 0 aliphatic carbocycles. The minimum atomic E-state index is -0.466. The zero-order chi connectivity index (χ0) is 13.4. The summed E-state index contributed by atoms with van der Waals surface area (Å²) in [4.78, 5) is 0. The van der Waals surface area contributed by atoms with Gasteiger partial charge in [0.15, 0.2) is 0 Å². The number of hydrogen-bond acceptors (Lipinski definition) is 1. The molecule has 1 aliphatic rings. The molecule has 3 rings (SSSR count).